The summed E-state index contributed by atoms with van der Waals surface area (Å²) in [5.74, 6) is -0.434. The van der Waals surface area contributed by atoms with Gasteiger partial charge in [0.25, 0.3) is 0 Å². The van der Waals surface area contributed by atoms with Crippen LogP contribution in [-0.2, 0) is 0 Å². The highest BCUT2D eigenvalue weighted by Gasteiger charge is 2.22. The van der Waals surface area contributed by atoms with Gasteiger partial charge in [0, 0.05) is 11.6 Å². The summed E-state index contributed by atoms with van der Waals surface area (Å²) in [6.45, 7) is 1.91. The van der Waals surface area contributed by atoms with Gasteiger partial charge in [-0.3, -0.25) is 0 Å². The van der Waals surface area contributed by atoms with Gasteiger partial charge in [0.1, 0.15) is 0 Å². The van der Waals surface area contributed by atoms with Gasteiger partial charge in [0.2, 0.25) is 5.82 Å². The summed E-state index contributed by atoms with van der Waals surface area (Å²) in [5.41, 5.74) is 1.88. The third-order valence-electron chi connectivity index (χ3n) is 3.12. The van der Waals surface area contributed by atoms with Crippen LogP contribution in [0.15, 0.2) is 0 Å². The molecule has 15 heavy (non-hydrogen) atoms. The molecule has 0 spiro atoms. The van der Waals surface area contributed by atoms with E-state index in [1.165, 1.54) is 19.3 Å². The molecule has 82 valence electrons. The highest BCUT2D eigenvalue weighted by atomic mass is 16.4. The minimum atomic E-state index is -0.972. The lowest BCUT2D eigenvalue weighted by molar-refractivity contribution is 0.0684. The van der Waals surface area contributed by atoms with Gasteiger partial charge in [-0.05, 0) is 19.8 Å². The number of aryl methyl sites for hydroxylation is 1. The molecule has 0 radical (unpaired) electrons. The van der Waals surface area contributed by atoms with Crippen LogP contribution in [0.5, 0.6) is 0 Å². The molecule has 0 unspecified atom stereocenters. The quantitative estimate of drug-likeness (QED) is 0.784. The van der Waals surface area contributed by atoms with Gasteiger partial charge in [0.15, 0.2) is 0 Å². The Morgan fingerprint density at radius 3 is 2.60 bits per heavy atom. The number of H-pyrrole nitrogens is 1. The van der Waals surface area contributed by atoms with Crippen molar-refractivity contribution >= 4 is 5.97 Å². The Bertz CT molecular complexity index is 365. The van der Waals surface area contributed by atoms with Crippen molar-refractivity contribution in [3.8, 4) is 0 Å². The Kier molecular flexibility index (Phi) is 2.75. The van der Waals surface area contributed by atoms with Crippen LogP contribution < -0.4 is 0 Å². The SMILES string of the molecule is Cc1[nH]c(C(=O)O)nc1C1CCCCC1. The van der Waals surface area contributed by atoms with Gasteiger partial charge in [-0.2, -0.15) is 0 Å². The van der Waals surface area contributed by atoms with E-state index in [0.717, 1.165) is 24.2 Å². The number of nitrogens with zero attached hydrogens (tertiary/aromatic N) is 1. The van der Waals surface area contributed by atoms with Crippen molar-refractivity contribution in [2.24, 2.45) is 0 Å². The first-order valence-corrected chi connectivity index (χ1v) is 5.48. The number of nitrogens with one attached hydrogen (secondary N) is 1. The largest absolute Gasteiger partial charge is 0.475 e. The average molecular weight is 208 g/mol. The predicted octanol–water partition coefficient (Wildman–Crippen LogP) is 2.46. The molecule has 0 aliphatic heterocycles. The van der Waals surface area contributed by atoms with E-state index in [1.54, 1.807) is 0 Å². The van der Waals surface area contributed by atoms with E-state index in [-0.39, 0.29) is 5.82 Å². The summed E-state index contributed by atoms with van der Waals surface area (Å²) in [7, 11) is 0. The van der Waals surface area contributed by atoms with Crippen LogP contribution in [0, 0.1) is 6.92 Å². The fraction of sp³-hybridized carbons (Fsp3) is 0.636. The number of carboxylic acids is 1. The summed E-state index contributed by atoms with van der Waals surface area (Å²) >= 11 is 0. The first-order valence-electron chi connectivity index (χ1n) is 5.48. The maximum absolute atomic E-state index is 10.8. The number of imidazole rings is 1. The Morgan fingerprint density at radius 1 is 1.40 bits per heavy atom. The fourth-order valence-electron chi connectivity index (χ4n) is 2.35. The first kappa shape index (κ1) is 10.2. The minimum Gasteiger partial charge on any atom is -0.475 e. The molecule has 1 aromatic rings. The third-order valence-corrected chi connectivity index (χ3v) is 3.12. The lowest BCUT2D eigenvalue weighted by Gasteiger charge is -2.20. The first-order chi connectivity index (χ1) is 7.18. The van der Waals surface area contributed by atoms with E-state index in [2.05, 4.69) is 9.97 Å². The summed E-state index contributed by atoms with van der Waals surface area (Å²) < 4.78 is 0. The lowest BCUT2D eigenvalue weighted by atomic mass is 9.86. The third kappa shape index (κ3) is 2.03. The second-order valence-electron chi connectivity index (χ2n) is 4.24. The molecular formula is C11H16N2O2. The molecule has 1 heterocycles. The monoisotopic (exact) mass is 208 g/mol. The van der Waals surface area contributed by atoms with Crippen LogP contribution in [0.3, 0.4) is 0 Å². The van der Waals surface area contributed by atoms with Crippen molar-refractivity contribution in [3.05, 3.63) is 17.2 Å². The standard InChI is InChI=1S/C11H16N2O2/c1-7-9(8-5-3-2-4-6-8)13-10(12-7)11(14)15/h8H,2-6H2,1H3,(H,12,13)(H,14,15). The Balaban J connectivity index is 2.22. The number of rotatable bonds is 2. The molecule has 0 saturated heterocycles. The number of hydrogen-bond acceptors (Lipinski definition) is 2. The molecule has 0 bridgehead atoms. The molecule has 1 saturated carbocycles. The van der Waals surface area contributed by atoms with Crippen molar-refractivity contribution in [1.82, 2.24) is 9.97 Å². The zero-order valence-corrected chi connectivity index (χ0v) is 8.92. The summed E-state index contributed by atoms with van der Waals surface area (Å²) in [6.07, 6.45) is 6.06. The van der Waals surface area contributed by atoms with E-state index in [4.69, 9.17) is 5.11 Å². The number of hydrogen-bond donors (Lipinski definition) is 2. The molecular weight excluding hydrogens is 192 g/mol. The number of aromatic nitrogens is 2. The molecule has 0 aromatic carbocycles. The van der Waals surface area contributed by atoms with Crippen molar-refractivity contribution in [3.63, 3.8) is 0 Å². The number of carbonyl (C=O) groups is 1. The topological polar surface area (TPSA) is 66.0 Å². The smallest absolute Gasteiger partial charge is 0.371 e. The van der Waals surface area contributed by atoms with Crippen LogP contribution in [0.4, 0.5) is 0 Å². The predicted molar refractivity (Wildman–Crippen MR) is 56.1 cm³/mol. The normalized spacial score (nSPS) is 17.9. The number of carboxylic acid groups (broad SMARTS) is 1. The highest BCUT2D eigenvalue weighted by molar-refractivity contribution is 5.83. The Hall–Kier alpha value is -1.32. The molecule has 2 N–H and O–H groups in total. The lowest BCUT2D eigenvalue weighted by Crippen LogP contribution is -2.06. The zero-order chi connectivity index (χ0) is 10.8. The van der Waals surface area contributed by atoms with E-state index in [9.17, 15) is 4.79 Å². The summed E-state index contributed by atoms with van der Waals surface area (Å²) in [6, 6.07) is 0. The van der Waals surface area contributed by atoms with Crippen LogP contribution in [0.2, 0.25) is 0 Å². The molecule has 4 heteroatoms. The zero-order valence-electron chi connectivity index (χ0n) is 8.92. The molecule has 0 atom stereocenters. The second kappa shape index (κ2) is 4.04. The van der Waals surface area contributed by atoms with Gasteiger partial charge < -0.3 is 10.1 Å². The van der Waals surface area contributed by atoms with Gasteiger partial charge in [-0.1, -0.05) is 19.3 Å². The Morgan fingerprint density at radius 2 is 2.07 bits per heavy atom. The molecule has 1 fully saturated rings. The average Bonchev–Trinajstić information content (AvgIpc) is 2.62. The molecule has 1 aliphatic rings. The van der Waals surface area contributed by atoms with Crippen molar-refractivity contribution < 1.29 is 9.90 Å². The molecule has 4 nitrogen and oxygen atoms in total. The molecule has 1 aliphatic carbocycles. The van der Waals surface area contributed by atoms with E-state index in [0.29, 0.717) is 5.92 Å². The van der Waals surface area contributed by atoms with Crippen LogP contribution in [0.25, 0.3) is 0 Å². The van der Waals surface area contributed by atoms with Crippen LogP contribution in [0.1, 0.15) is 60.0 Å². The van der Waals surface area contributed by atoms with Gasteiger partial charge in [-0.25, -0.2) is 9.78 Å². The maximum atomic E-state index is 10.8. The number of aromatic carboxylic acids is 1. The molecule has 2 rings (SSSR count). The maximum Gasteiger partial charge on any atom is 0.371 e. The minimum absolute atomic E-state index is 0.0769. The van der Waals surface area contributed by atoms with Gasteiger partial charge in [-0.15, -0.1) is 0 Å². The van der Waals surface area contributed by atoms with E-state index < -0.39 is 5.97 Å². The van der Waals surface area contributed by atoms with Crippen molar-refractivity contribution in [2.45, 2.75) is 44.9 Å². The fourth-order valence-corrected chi connectivity index (χ4v) is 2.35. The van der Waals surface area contributed by atoms with Crippen LogP contribution >= 0.6 is 0 Å². The van der Waals surface area contributed by atoms with E-state index in [1.807, 2.05) is 6.92 Å². The molecule has 0 amide bonds. The van der Waals surface area contributed by atoms with Crippen LogP contribution in [-0.4, -0.2) is 21.0 Å². The van der Waals surface area contributed by atoms with Crippen molar-refractivity contribution in [1.29, 1.82) is 0 Å². The summed E-state index contributed by atoms with van der Waals surface area (Å²) in [4.78, 5) is 17.8. The molecule has 1 aromatic heterocycles. The van der Waals surface area contributed by atoms with Gasteiger partial charge >= 0.3 is 5.97 Å². The summed E-state index contributed by atoms with van der Waals surface area (Å²) in [5, 5.41) is 8.83. The number of aromatic amines is 1. The van der Waals surface area contributed by atoms with Gasteiger partial charge in [0.05, 0.1) is 5.69 Å². The highest BCUT2D eigenvalue weighted by Crippen LogP contribution is 2.32. The Labute approximate surface area is 88.7 Å². The van der Waals surface area contributed by atoms with E-state index >= 15 is 0 Å². The second-order valence-corrected chi connectivity index (χ2v) is 4.24. The van der Waals surface area contributed by atoms with Crippen molar-refractivity contribution in [2.75, 3.05) is 0 Å².